The van der Waals surface area contributed by atoms with E-state index < -0.39 is 30.9 Å². The SMILES string of the molecule is Cc1ccc(C(=O)NCC(=O)Nc2nc(-c3cccc(N(C)CCCCCCOCCCc4ccc5c(c4)n(C)c(=O)n5C4CCC(=O)NC4=O)c3)cs2)cc1P(C)(C)=O. The zero-order valence-corrected chi connectivity index (χ0v) is 36.6. The number of ether oxygens (including phenoxy) is 1. The van der Waals surface area contributed by atoms with Gasteiger partial charge in [0.15, 0.2) is 5.13 Å². The Morgan fingerprint density at radius 3 is 2.55 bits per heavy atom. The van der Waals surface area contributed by atoms with Gasteiger partial charge in [0.2, 0.25) is 17.7 Å². The third-order valence-electron chi connectivity index (χ3n) is 10.8. The molecule has 3 heterocycles. The van der Waals surface area contributed by atoms with Crippen LogP contribution >= 0.6 is 18.5 Å². The minimum absolute atomic E-state index is 0.212. The molecule has 1 fully saturated rings. The number of hydrogen-bond donors (Lipinski definition) is 3. The first-order valence-electron chi connectivity index (χ1n) is 20.3. The number of fused-ring (bicyclic) bond motifs is 1. The number of aryl methyl sites for hydroxylation is 3. The van der Waals surface area contributed by atoms with E-state index in [1.54, 1.807) is 43.1 Å². The number of amides is 4. The van der Waals surface area contributed by atoms with Gasteiger partial charge in [0.25, 0.3) is 5.91 Å². The Morgan fingerprint density at radius 2 is 1.77 bits per heavy atom. The molecular weight excluding hydrogens is 802 g/mol. The fourth-order valence-corrected chi connectivity index (χ4v) is 9.54. The topological polar surface area (TPSA) is 174 Å². The first-order valence-corrected chi connectivity index (χ1v) is 23.8. The van der Waals surface area contributed by atoms with E-state index in [-0.39, 0.29) is 24.6 Å². The summed E-state index contributed by atoms with van der Waals surface area (Å²) < 4.78 is 21.6. The summed E-state index contributed by atoms with van der Waals surface area (Å²) in [5.41, 5.74) is 6.27. The number of nitrogens with one attached hydrogen (secondary N) is 3. The van der Waals surface area contributed by atoms with Crippen molar-refractivity contribution < 1.29 is 28.5 Å². The van der Waals surface area contributed by atoms with E-state index in [0.29, 0.717) is 41.2 Å². The first kappa shape index (κ1) is 44.2. The van der Waals surface area contributed by atoms with Crippen molar-refractivity contribution in [1.29, 1.82) is 0 Å². The van der Waals surface area contributed by atoms with Gasteiger partial charge in [-0.15, -0.1) is 11.3 Å². The quantitative estimate of drug-likeness (QED) is 0.0511. The first-order chi connectivity index (χ1) is 28.7. The van der Waals surface area contributed by atoms with Gasteiger partial charge in [-0.25, -0.2) is 9.78 Å². The molecule has 5 aromatic rings. The maximum Gasteiger partial charge on any atom is 0.329 e. The lowest BCUT2D eigenvalue weighted by Crippen LogP contribution is -2.44. The summed E-state index contributed by atoms with van der Waals surface area (Å²) in [6.45, 7) is 7.24. The Balaban J connectivity index is 0.863. The molecule has 0 saturated carbocycles. The standard InChI is InChI=1S/C44H54N7O7PS/c1-29-15-17-32(26-38(29)59(4,5)57)41(54)45-27-40(53)48-43-46-34(28-60-43)31-13-10-14-33(25-31)49(2)21-8-6-7-9-22-58-23-11-12-30-16-18-35-37(24-30)50(3)44(56)51(35)36-19-20-39(52)47-42(36)55/h10,13-18,24-26,28,36H,6-9,11-12,19-23,27H2,1-5H3,(H,45,54)(H,46,48,53)(H,47,52,55). The van der Waals surface area contributed by atoms with Crippen molar-refractivity contribution in [1.82, 2.24) is 24.8 Å². The molecule has 0 bridgehead atoms. The number of hydrogen-bond acceptors (Lipinski definition) is 10. The van der Waals surface area contributed by atoms with E-state index in [2.05, 4.69) is 45.0 Å². The van der Waals surface area contributed by atoms with E-state index in [1.165, 1.54) is 15.9 Å². The van der Waals surface area contributed by atoms with Crippen molar-refractivity contribution >= 4 is 69.3 Å². The van der Waals surface area contributed by atoms with Gasteiger partial charge in [-0.3, -0.25) is 33.6 Å². The summed E-state index contributed by atoms with van der Waals surface area (Å²) in [7, 11) is 1.23. The summed E-state index contributed by atoms with van der Waals surface area (Å²) in [6.07, 6.45) is 6.39. The second-order valence-electron chi connectivity index (χ2n) is 15.7. The van der Waals surface area contributed by atoms with Crippen molar-refractivity contribution in [2.45, 2.75) is 64.3 Å². The monoisotopic (exact) mass is 855 g/mol. The lowest BCUT2D eigenvalue weighted by Gasteiger charge is -2.21. The Morgan fingerprint density at radius 1 is 0.983 bits per heavy atom. The van der Waals surface area contributed by atoms with Gasteiger partial charge in [0.1, 0.15) is 13.2 Å². The van der Waals surface area contributed by atoms with Crippen LogP contribution in [0.25, 0.3) is 22.3 Å². The zero-order chi connectivity index (χ0) is 43.0. The molecule has 14 nitrogen and oxygen atoms in total. The van der Waals surface area contributed by atoms with Gasteiger partial charge in [-0.2, -0.15) is 0 Å². The molecule has 1 saturated heterocycles. The average molecular weight is 856 g/mol. The van der Waals surface area contributed by atoms with Gasteiger partial charge >= 0.3 is 5.69 Å². The van der Waals surface area contributed by atoms with Crippen molar-refractivity contribution in [2.75, 3.05) is 56.9 Å². The fraction of sp³-hybridized carbons (Fsp3) is 0.409. The average Bonchev–Trinajstić information content (AvgIpc) is 3.78. The van der Waals surface area contributed by atoms with Crippen LogP contribution in [0.5, 0.6) is 0 Å². The maximum atomic E-state index is 13.0. The van der Waals surface area contributed by atoms with Crippen LogP contribution in [0.15, 0.2) is 70.8 Å². The van der Waals surface area contributed by atoms with Gasteiger partial charge in [-0.05, 0) is 99.9 Å². The molecule has 0 spiro atoms. The van der Waals surface area contributed by atoms with Crippen LogP contribution in [0.4, 0.5) is 10.8 Å². The van der Waals surface area contributed by atoms with Crippen LogP contribution < -0.4 is 31.8 Å². The second-order valence-corrected chi connectivity index (χ2v) is 19.8. The highest BCUT2D eigenvalue weighted by atomic mass is 32.1. The Hall–Kier alpha value is -5.37. The van der Waals surface area contributed by atoms with Crippen LogP contribution in [0, 0.1) is 6.92 Å². The highest BCUT2D eigenvalue weighted by Gasteiger charge is 2.31. The predicted octanol–water partition coefficient (Wildman–Crippen LogP) is 6.01. The molecular formula is C44H54N7O7PS. The Labute approximate surface area is 354 Å². The van der Waals surface area contributed by atoms with Crippen molar-refractivity contribution in [2.24, 2.45) is 7.05 Å². The minimum Gasteiger partial charge on any atom is -0.381 e. The number of aromatic nitrogens is 3. The number of imide groups is 1. The van der Waals surface area contributed by atoms with Crippen LogP contribution in [0.2, 0.25) is 0 Å². The molecule has 0 aliphatic carbocycles. The summed E-state index contributed by atoms with van der Waals surface area (Å²) in [6, 6.07) is 18.4. The molecule has 1 aliphatic rings. The highest BCUT2D eigenvalue weighted by molar-refractivity contribution is 7.70. The van der Waals surface area contributed by atoms with Gasteiger partial charge in [-0.1, -0.05) is 37.1 Å². The number of carbonyl (C=O) groups is 4. The Kier molecular flexibility index (Phi) is 14.6. The molecule has 0 radical (unpaired) electrons. The molecule has 3 N–H and O–H groups in total. The van der Waals surface area contributed by atoms with Gasteiger partial charge < -0.3 is 24.8 Å². The predicted molar refractivity (Wildman–Crippen MR) is 238 cm³/mol. The number of unbranched alkanes of at least 4 members (excludes halogenated alkanes) is 3. The number of thiazole rings is 1. The van der Waals surface area contributed by atoms with Crippen molar-refractivity contribution in [3.63, 3.8) is 0 Å². The maximum absolute atomic E-state index is 13.0. The lowest BCUT2D eigenvalue weighted by atomic mass is 10.1. The third-order valence-corrected chi connectivity index (χ3v) is 13.2. The fourth-order valence-electron chi connectivity index (χ4n) is 7.43. The largest absolute Gasteiger partial charge is 0.381 e. The smallest absolute Gasteiger partial charge is 0.329 e. The molecule has 60 heavy (non-hydrogen) atoms. The number of anilines is 2. The summed E-state index contributed by atoms with van der Waals surface area (Å²) in [5.74, 6) is -1.55. The van der Waals surface area contributed by atoms with E-state index in [0.717, 1.165) is 78.7 Å². The number of piperidine rings is 1. The minimum atomic E-state index is -2.56. The van der Waals surface area contributed by atoms with Crippen LogP contribution in [0.3, 0.4) is 0 Å². The van der Waals surface area contributed by atoms with Gasteiger partial charge in [0, 0.05) is 67.8 Å². The number of carbonyl (C=O) groups excluding carboxylic acids is 4. The highest BCUT2D eigenvalue weighted by Crippen LogP contribution is 2.36. The molecule has 1 aliphatic heterocycles. The van der Waals surface area contributed by atoms with Gasteiger partial charge in [0.05, 0.1) is 23.3 Å². The third kappa shape index (κ3) is 11.1. The van der Waals surface area contributed by atoms with E-state index in [9.17, 15) is 28.5 Å². The Bertz CT molecular complexity index is 2490. The molecule has 4 amide bonds. The lowest BCUT2D eigenvalue weighted by molar-refractivity contribution is -0.135. The summed E-state index contributed by atoms with van der Waals surface area (Å²) >= 11 is 1.32. The number of benzene rings is 3. The van der Waals surface area contributed by atoms with E-state index in [4.69, 9.17) is 4.74 Å². The van der Waals surface area contributed by atoms with Crippen molar-refractivity contribution in [3.8, 4) is 11.3 Å². The zero-order valence-electron chi connectivity index (χ0n) is 34.9. The number of imidazole rings is 1. The van der Waals surface area contributed by atoms with Crippen LogP contribution in [-0.2, 0) is 37.2 Å². The number of nitrogens with zero attached hydrogens (tertiary/aromatic N) is 4. The van der Waals surface area contributed by atoms with Crippen molar-refractivity contribution in [3.05, 3.63) is 93.2 Å². The molecule has 1 unspecified atom stereocenters. The van der Waals surface area contributed by atoms with Crippen LogP contribution in [-0.4, -0.2) is 84.4 Å². The second kappa shape index (κ2) is 19.8. The normalized spacial score (nSPS) is 14.3. The summed E-state index contributed by atoms with van der Waals surface area (Å²) in [4.78, 5) is 69.3. The molecule has 1 atom stereocenters. The number of rotatable bonds is 19. The molecule has 2 aromatic heterocycles. The molecule has 16 heteroatoms. The van der Waals surface area contributed by atoms with Crippen LogP contribution in [0.1, 0.15) is 72.5 Å². The molecule has 6 rings (SSSR count). The summed E-state index contributed by atoms with van der Waals surface area (Å²) in [5, 5.41) is 10.7. The molecule has 3 aromatic carbocycles. The van der Waals surface area contributed by atoms with E-state index >= 15 is 0 Å². The van der Waals surface area contributed by atoms with E-state index in [1.807, 2.05) is 42.6 Å². The molecule has 318 valence electrons.